The first-order valence-electron chi connectivity index (χ1n) is 5.59. The zero-order valence-corrected chi connectivity index (χ0v) is 11.0. The third-order valence-corrected chi connectivity index (χ3v) is 3.40. The molecule has 0 spiro atoms. The number of nitrogens with one attached hydrogen (secondary N) is 1. The summed E-state index contributed by atoms with van der Waals surface area (Å²) in [5, 5.41) is 12.5. The van der Waals surface area contributed by atoms with Crippen LogP contribution in [-0.4, -0.2) is 22.0 Å². The Hall–Kier alpha value is -2.21. The molecule has 0 atom stereocenters. The van der Waals surface area contributed by atoms with Crippen molar-refractivity contribution in [2.45, 2.75) is 13.5 Å². The number of amides is 1. The van der Waals surface area contributed by atoms with E-state index in [0.29, 0.717) is 12.1 Å². The van der Waals surface area contributed by atoms with E-state index in [1.807, 2.05) is 6.92 Å². The number of aromatic nitrogens is 1. The van der Waals surface area contributed by atoms with E-state index < -0.39 is 5.97 Å². The Bertz CT molecular complexity index is 605. The molecule has 1 aromatic carbocycles. The van der Waals surface area contributed by atoms with Gasteiger partial charge in [-0.25, -0.2) is 9.78 Å². The Balaban J connectivity index is 1.98. The van der Waals surface area contributed by atoms with Gasteiger partial charge in [0.15, 0.2) is 0 Å². The van der Waals surface area contributed by atoms with Crippen LogP contribution in [-0.2, 0) is 6.54 Å². The lowest BCUT2D eigenvalue weighted by molar-refractivity contribution is 0.0696. The van der Waals surface area contributed by atoms with Crippen LogP contribution in [0.15, 0.2) is 30.5 Å². The standard InChI is InChI=1S/C13H12N2O3S/c1-8-14-6-11(19-8)7-15-12(16)9-2-4-10(5-3-9)13(17)18/h2-6H,7H2,1H3,(H,15,16)(H,17,18). The normalized spacial score (nSPS) is 10.2. The van der Waals surface area contributed by atoms with Crippen molar-refractivity contribution >= 4 is 23.2 Å². The molecule has 19 heavy (non-hydrogen) atoms. The summed E-state index contributed by atoms with van der Waals surface area (Å²) in [4.78, 5) is 27.6. The van der Waals surface area contributed by atoms with Gasteiger partial charge < -0.3 is 10.4 Å². The summed E-state index contributed by atoms with van der Waals surface area (Å²) in [6.07, 6.45) is 1.73. The molecule has 2 rings (SSSR count). The number of hydrogen-bond acceptors (Lipinski definition) is 4. The van der Waals surface area contributed by atoms with Crippen LogP contribution in [0.5, 0.6) is 0 Å². The van der Waals surface area contributed by atoms with Crippen molar-refractivity contribution in [3.05, 3.63) is 51.5 Å². The van der Waals surface area contributed by atoms with Gasteiger partial charge in [-0.3, -0.25) is 4.79 Å². The van der Waals surface area contributed by atoms with Crippen molar-refractivity contribution in [2.75, 3.05) is 0 Å². The highest BCUT2D eigenvalue weighted by molar-refractivity contribution is 7.11. The number of rotatable bonds is 4. The van der Waals surface area contributed by atoms with Crippen molar-refractivity contribution in [3.8, 4) is 0 Å². The number of nitrogens with zero attached hydrogens (tertiary/aromatic N) is 1. The number of carboxylic acid groups (broad SMARTS) is 1. The van der Waals surface area contributed by atoms with Crippen molar-refractivity contribution in [1.82, 2.24) is 10.3 Å². The molecule has 0 bridgehead atoms. The summed E-state index contributed by atoms with van der Waals surface area (Å²) in [6, 6.07) is 5.82. The van der Waals surface area contributed by atoms with Gasteiger partial charge in [0.25, 0.3) is 5.91 Å². The first-order valence-corrected chi connectivity index (χ1v) is 6.41. The van der Waals surface area contributed by atoms with E-state index in [9.17, 15) is 9.59 Å². The largest absolute Gasteiger partial charge is 0.478 e. The van der Waals surface area contributed by atoms with Crippen LogP contribution >= 0.6 is 11.3 Å². The molecule has 0 saturated heterocycles. The fourth-order valence-corrected chi connectivity index (χ4v) is 2.26. The molecule has 0 fully saturated rings. The number of aromatic carboxylic acids is 1. The van der Waals surface area contributed by atoms with Crippen molar-refractivity contribution in [1.29, 1.82) is 0 Å². The van der Waals surface area contributed by atoms with Gasteiger partial charge in [0.05, 0.1) is 17.1 Å². The molecule has 1 heterocycles. The average Bonchev–Trinajstić information content (AvgIpc) is 2.82. The summed E-state index contributed by atoms with van der Waals surface area (Å²) in [5.74, 6) is -1.24. The minimum Gasteiger partial charge on any atom is -0.478 e. The molecule has 1 aromatic heterocycles. The number of carboxylic acids is 1. The Morgan fingerprint density at radius 3 is 2.42 bits per heavy atom. The quantitative estimate of drug-likeness (QED) is 0.896. The molecule has 0 saturated carbocycles. The molecule has 0 aliphatic carbocycles. The smallest absolute Gasteiger partial charge is 0.335 e. The summed E-state index contributed by atoms with van der Waals surface area (Å²) in [7, 11) is 0. The SMILES string of the molecule is Cc1ncc(CNC(=O)c2ccc(C(=O)O)cc2)s1. The molecule has 0 aliphatic rings. The molecule has 0 aliphatic heterocycles. The van der Waals surface area contributed by atoms with E-state index >= 15 is 0 Å². The van der Waals surface area contributed by atoms with Gasteiger partial charge in [0, 0.05) is 16.6 Å². The molecule has 0 radical (unpaired) electrons. The molecule has 2 N–H and O–H groups in total. The number of hydrogen-bond donors (Lipinski definition) is 2. The maximum atomic E-state index is 11.8. The Morgan fingerprint density at radius 2 is 1.89 bits per heavy atom. The number of aryl methyl sites for hydroxylation is 1. The van der Waals surface area contributed by atoms with E-state index in [-0.39, 0.29) is 11.5 Å². The first kappa shape index (κ1) is 13.2. The van der Waals surface area contributed by atoms with Crippen LogP contribution in [0.3, 0.4) is 0 Å². The van der Waals surface area contributed by atoms with Crippen molar-refractivity contribution < 1.29 is 14.7 Å². The lowest BCUT2D eigenvalue weighted by atomic mass is 10.1. The lowest BCUT2D eigenvalue weighted by Gasteiger charge is -2.03. The van der Waals surface area contributed by atoms with Crippen LogP contribution in [0.4, 0.5) is 0 Å². The zero-order valence-electron chi connectivity index (χ0n) is 10.2. The number of thiazole rings is 1. The van der Waals surface area contributed by atoms with Gasteiger partial charge in [-0.15, -0.1) is 11.3 Å². The van der Waals surface area contributed by atoms with Crippen molar-refractivity contribution in [2.24, 2.45) is 0 Å². The average molecular weight is 276 g/mol. The second-order valence-electron chi connectivity index (χ2n) is 3.91. The number of carbonyl (C=O) groups is 2. The van der Waals surface area contributed by atoms with Crippen LogP contribution in [0, 0.1) is 6.92 Å². The van der Waals surface area contributed by atoms with Gasteiger partial charge in [0.1, 0.15) is 0 Å². The summed E-state index contributed by atoms with van der Waals surface area (Å²) in [5.41, 5.74) is 0.598. The van der Waals surface area contributed by atoms with E-state index in [1.54, 1.807) is 6.20 Å². The predicted molar refractivity (Wildman–Crippen MR) is 71.4 cm³/mol. The van der Waals surface area contributed by atoms with Gasteiger partial charge >= 0.3 is 5.97 Å². The molecule has 5 nitrogen and oxygen atoms in total. The summed E-state index contributed by atoms with van der Waals surface area (Å²) >= 11 is 1.53. The molecular weight excluding hydrogens is 264 g/mol. The van der Waals surface area contributed by atoms with Crippen LogP contribution in [0.2, 0.25) is 0 Å². The Labute approximate surface area is 113 Å². The van der Waals surface area contributed by atoms with Gasteiger partial charge in [-0.05, 0) is 31.2 Å². The first-order chi connectivity index (χ1) is 9.06. The fourth-order valence-electron chi connectivity index (χ4n) is 1.52. The highest BCUT2D eigenvalue weighted by Gasteiger charge is 2.08. The molecule has 2 aromatic rings. The van der Waals surface area contributed by atoms with Gasteiger partial charge in [0.2, 0.25) is 0 Å². The highest BCUT2D eigenvalue weighted by atomic mass is 32.1. The number of benzene rings is 1. The summed E-state index contributed by atoms with van der Waals surface area (Å²) in [6.45, 7) is 2.33. The zero-order chi connectivity index (χ0) is 13.8. The van der Waals surface area contributed by atoms with Crippen LogP contribution < -0.4 is 5.32 Å². The third kappa shape index (κ3) is 3.38. The molecule has 1 amide bonds. The van der Waals surface area contributed by atoms with E-state index in [1.165, 1.54) is 35.6 Å². The van der Waals surface area contributed by atoms with E-state index in [0.717, 1.165) is 9.88 Å². The number of carbonyl (C=O) groups excluding carboxylic acids is 1. The monoisotopic (exact) mass is 276 g/mol. The lowest BCUT2D eigenvalue weighted by Crippen LogP contribution is -2.22. The minimum atomic E-state index is -1.01. The van der Waals surface area contributed by atoms with Gasteiger partial charge in [-0.2, -0.15) is 0 Å². The van der Waals surface area contributed by atoms with Crippen LogP contribution in [0.1, 0.15) is 30.6 Å². The Kier molecular flexibility index (Phi) is 3.91. The Morgan fingerprint density at radius 1 is 1.26 bits per heavy atom. The molecule has 6 heteroatoms. The van der Waals surface area contributed by atoms with E-state index in [4.69, 9.17) is 5.11 Å². The molecular formula is C13H12N2O3S. The third-order valence-electron chi connectivity index (χ3n) is 2.49. The minimum absolute atomic E-state index is 0.162. The summed E-state index contributed by atoms with van der Waals surface area (Å²) < 4.78 is 0. The second-order valence-corrected chi connectivity index (χ2v) is 5.23. The van der Waals surface area contributed by atoms with Crippen LogP contribution in [0.25, 0.3) is 0 Å². The van der Waals surface area contributed by atoms with Crippen molar-refractivity contribution in [3.63, 3.8) is 0 Å². The fraction of sp³-hybridized carbons (Fsp3) is 0.154. The second kappa shape index (κ2) is 5.62. The van der Waals surface area contributed by atoms with E-state index in [2.05, 4.69) is 10.3 Å². The maximum Gasteiger partial charge on any atom is 0.335 e. The molecule has 98 valence electrons. The topological polar surface area (TPSA) is 79.3 Å². The molecule has 0 unspecified atom stereocenters. The highest BCUT2D eigenvalue weighted by Crippen LogP contribution is 2.11. The maximum absolute atomic E-state index is 11.8. The predicted octanol–water partition coefficient (Wildman–Crippen LogP) is 2.08. The van der Waals surface area contributed by atoms with Gasteiger partial charge in [-0.1, -0.05) is 0 Å².